The third kappa shape index (κ3) is 8.86. The fourth-order valence-electron chi connectivity index (χ4n) is 3.03. The quantitative estimate of drug-likeness (QED) is 0.463. The van der Waals surface area contributed by atoms with Crippen LogP contribution in [0.1, 0.15) is 54.2 Å². The summed E-state index contributed by atoms with van der Waals surface area (Å²) in [6.45, 7) is 6.92. The van der Waals surface area contributed by atoms with Crippen molar-refractivity contribution in [1.29, 1.82) is 0 Å². The van der Waals surface area contributed by atoms with Crippen molar-refractivity contribution in [3.63, 3.8) is 0 Å². The number of rotatable bonds is 8. The summed E-state index contributed by atoms with van der Waals surface area (Å²) in [6.07, 6.45) is -1.13. The molecule has 0 unspecified atom stereocenters. The van der Waals surface area contributed by atoms with Crippen LogP contribution >= 0.6 is 0 Å². The Morgan fingerprint density at radius 1 is 1.00 bits per heavy atom. The van der Waals surface area contributed by atoms with E-state index in [9.17, 15) is 19.2 Å². The Hall–Kier alpha value is -3.52. The first-order valence-electron chi connectivity index (χ1n) is 10.6. The van der Waals surface area contributed by atoms with Crippen LogP contribution in [-0.2, 0) is 32.1 Å². The van der Waals surface area contributed by atoms with Gasteiger partial charge in [0.05, 0.1) is 18.9 Å². The van der Waals surface area contributed by atoms with Crippen molar-refractivity contribution in [2.45, 2.75) is 58.8 Å². The summed E-state index contributed by atoms with van der Waals surface area (Å²) in [5.41, 5.74) is 7.65. The number of benzene rings is 2. The second-order valence-electron chi connectivity index (χ2n) is 8.70. The molecule has 0 aromatic heterocycles. The molecule has 3 N–H and O–H groups in total. The molecule has 2 amide bonds. The molecule has 2 aromatic rings. The summed E-state index contributed by atoms with van der Waals surface area (Å²) < 4.78 is 10.2. The maximum atomic E-state index is 12.7. The third-order valence-corrected chi connectivity index (χ3v) is 4.53. The number of alkyl carbamates (subject to hydrolysis) is 1. The molecule has 176 valence electrons. The predicted octanol–water partition coefficient (Wildman–Crippen LogP) is 3.23. The average Bonchev–Trinajstić information content (AvgIpc) is 2.71. The van der Waals surface area contributed by atoms with Crippen molar-refractivity contribution in [2.24, 2.45) is 5.73 Å². The number of ether oxygens (including phenoxy) is 2. The molecule has 8 heteroatoms. The number of carbonyl (C=O) groups excluding carboxylic acids is 4. The molecular weight excluding hydrogens is 424 g/mol. The lowest BCUT2D eigenvalue weighted by molar-refractivity contribution is -0.145. The van der Waals surface area contributed by atoms with E-state index < -0.39 is 35.4 Å². The molecule has 2 aromatic carbocycles. The van der Waals surface area contributed by atoms with Crippen LogP contribution in [0, 0.1) is 6.92 Å². The van der Waals surface area contributed by atoms with Gasteiger partial charge in [0.1, 0.15) is 12.2 Å². The molecular formula is C25H30N2O6. The van der Waals surface area contributed by atoms with E-state index in [2.05, 4.69) is 5.32 Å². The molecule has 0 radical (unpaired) electrons. The lowest BCUT2D eigenvalue weighted by Gasteiger charge is -2.19. The standard InChI is InChI=1S/C25H30N2O6/c1-16-12-18(13-21(28)27-24(31)33-25(2,3)4)10-11-19(16)23(30)20(26)14-22(29)32-15-17-8-6-5-7-9-17/h5-12,20H,13-15,26H2,1-4H3,(H,27,28,31)/t20-/m0/s1. The lowest BCUT2D eigenvalue weighted by Crippen LogP contribution is -2.37. The number of ketones is 1. The van der Waals surface area contributed by atoms with E-state index in [1.165, 1.54) is 0 Å². The first-order chi connectivity index (χ1) is 15.4. The van der Waals surface area contributed by atoms with Gasteiger partial charge in [-0.05, 0) is 44.4 Å². The van der Waals surface area contributed by atoms with E-state index in [-0.39, 0.29) is 19.4 Å². The number of Topliss-reactive ketones (excluding diaryl/α,β-unsaturated/α-hetero) is 1. The number of aryl methyl sites for hydroxylation is 1. The van der Waals surface area contributed by atoms with E-state index in [0.29, 0.717) is 16.7 Å². The van der Waals surface area contributed by atoms with Crippen LogP contribution in [0.15, 0.2) is 48.5 Å². The van der Waals surface area contributed by atoms with E-state index in [0.717, 1.165) is 5.56 Å². The highest BCUT2D eigenvalue weighted by Gasteiger charge is 2.22. The molecule has 0 aliphatic carbocycles. The van der Waals surface area contributed by atoms with Gasteiger partial charge in [0.15, 0.2) is 5.78 Å². The van der Waals surface area contributed by atoms with Crippen LogP contribution in [0.5, 0.6) is 0 Å². The average molecular weight is 455 g/mol. The molecule has 0 heterocycles. The summed E-state index contributed by atoms with van der Waals surface area (Å²) in [4.78, 5) is 48.6. The normalized spacial score (nSPS) is 11.9. The molecule has 0 fully saturated rings. The van der Waals surface area contributed by atoms with Gasteiger partial charge < -0.3 is 15.2 Å². The molecule has 0 aliphatic heterocycles. The first kappa shape index (κ1) is 25.7. The molecule has 0 saturated heterocycles. The van der Waals surface area contributed by atoms with Gasteiger partial charge in [-0.1, -0.05) is 48.5 Å². The second kappa shape index (κ2) is 11.4. The van der Waals surface area contributed by atoms with Crippen molar-refractivity contribution in [2.75, 3.05) is 0 Å². The number of imide groups is 1. The van der Waals surface area contributed by atoms with Crippen LogP contribution < -0.4 is 11.1 Å². The molecule has 0 saturated carbocycles. The summed E-state index contributed by atoms with van der Waals surface area (Å²) >= 11 is 0. The Labute approximate surface area is 193 Å². The van der Waals surface area contributed by atoms with E-state index >= 15 is 0 Å². The molecule has 33 heavy (non-hydrogen) atoms. The minimum Gasteiger partial charge on any atom is -0.461 e. The van der Waals surface area contributed by atoms with Crippen molar-refractivity contribution >= 4 is 23.8 Å². The maximum absolute atomic E-state index is 12.7. The predicted molar refractivity (Wildman–Crippen MR) is 122 cm³/mol. The van der Waals surface area contributed by atoms with Gasteiger partial charge in [0.25, 0.3) is 0 Å². The van der Waals surface area contributed by atoms with Crippen LogP contribution in [-0.4, -0.2) is 35.4 Å². The Balaban J connectivity index is 1.90. The van der Waals surface area contributed by atoms with Crippen LogP contribution in [0.25, 0.3) is 0 Å². The van der Waals surface area contributed by atoms with E-state index in [1.807, 2.05) is 30.3 Å². The Kier molecular flexibility index (Phi) is 8.87. The monoisotopic (exact) mass is 454 g/mol. The number of carbonyl (C=O) groups is 4. The molecule has 0 aliphatic rings. The second-order valence-corrected chi connectivity index (χ2v) is 8.70. The number of hydrogen-bond donors (Lipinski definition) is 2. The molecule has 1 atom stereocenters. The summed E-state index contributed by atoms with van der Waals surface area (Å²) in [6, 6.07) is 13.0. The number of amides is 2. The summed E-state index contributed by atoms with van der Waals surface area (Å²) in [7, 11) is 0. The molecule has 2 rings (SSSR count). The van der Waals surface area contributed by atoms with Crippen LogP contribution in [0.3, 0.4) is 0 Å². The third-order valence-electron chi connectivity index (χ3n) is 4.53. The van der Waals surface area contributed by atoms with Gasteiger partial charge in [-0.25, -0.2) is 4.79 Å². The summed E-state index contributed by atoms with van der Waals surface area (Å²) in [5, 5.41) is 2.17. The van der Waals surface area contributed by atoms with Crippen molar-refractivity contribution in [3.05, 3.63) is 70.8 Å². The van der Waals surface area contributed by atoms with Gasteiger partial charge in [-0.2, -0.15) is 0 Å². The van der Waals surface area contributed by atoms with Crippen LogP contribution in [0.2, 0.25) is 0 Å². The largest absolute Gasteiger partial charge is 0.461 e. The molecule has 0 spiro atoms. The van der Waals surface area contributed by atoms with Gasteiger partial charge in [-0.3, -0.25) is 19.7 Å². The molecule has 0 bridgehead atoms. The Bertz CT molecular complexity index is 1010. The van der Waals surface area contributed by atoms with Gasteiger partial charge in [0.2, 0.25) is 5.91 Å². The smallest absolute Gasteiger partial charge is 0.414 e. The Morgan fingerprint density at radius 3 is 2.27 bits per heavy atom. The Morgan fingerprint density at radius 2 is 1.67 bits per heavy atom. The fourth-order valence-corrected chi connectivity index (χ4v) is 3.03. The summed E-state index contributed by atoms with van der Waals surface area (Å²) in [5.74, 6) is -1.48. The highest BCUT2D eigenvalue weighted by molar-refractivity contribution is 6.03. The van der Waals surface area contributed by atoms with Crippen molar-refractivity contribution in [1.82, 2.24) is 5.32 Å². The van der Waals surface area contributed by atoms with Gasteiger partial charge >= 0.3 is 12.1 Å². The van der Waals surface area contributed by atoms with Gasteiger partial charge in [-0.15, -0.1) is 0 Å². The van der Waals surface area contributed by atoms with Gasteiger partial charge in [0, 0.05) is 5.56 Å². The highest BCUT2D eigenvalue weighted by atomic mass is 16.6. The topological polar surface area (TPSA) is 125 Å². The van der Waals surface area contributed by atoms with E-state index in [4.69, 9.17) is 15.2 Å². The zero-order valence-corrected chi connectivity index (χ0v) is 19.3. The molecule has 8 nitrogen and oxygen atoms in total. The zero-order valence-electron chi connectivity index (χ0n) is 19.3. The SMILES string of the molecule is Cc1cc(CC(=O)NC(=O)OC(C)(C)C)ccc1C(=O)[C@@H](N)CC(=O)OCc1ccccc1. The minimum atomic E-state index is -1.05. The highest BCUT2D eigenvalue weighted by Crippen LogP contribution is 2.15. The number of nitrogens with two attached hydrogens (primary N) is 1. The van der Waals surface area contributed by atoms with Crippen molar-refractivity contribution < 1.29 is 28.7 Å². The maximum Gasteiger partial charge on any atom is 0.414 e. The first-order valence-corrected chi connectivity index (χ1v) is 10.6. The minimum absolute atomic E-state index is 0.0631. The van der Waals surface area contributed by atoms with E-state index in [1.54, 1.807) is 45.9 Å². The number of esters is 1. The lowest BCUT2D eigenvalue weighted by atomic mass is 9.95. The van der Waals surface area contributed by atoms with Crippen LogP contribution in [0.4, 0.5) is 4.79 Å². The fraction of sp³-hybridized carbons (Fsp3) is 0.360. The zero-order chi connectivity index (χ0) is 24.6. The number of nitrogens with one attached hydrogen (secondary N) is 1. The van der Waals surface area contributed by atoms with Crippen molar-refractivity contribution in [3.8, 4) is 0 Å². The number of hydrogen-bond acceptors (Lipinski definition) is 7.